The number of phosphoric acid groups is 2. The van der Waals surface area contributed by atoms with Gasteiger partial charge in [-0.1, -0.05) is 166 Å². The molecule has 12 nitrogen and oxygen atoms in total. The number of phosphoric ester groups is 1. The van der Waals surface area contributed by atoms with E-state index in [1.54, 1.807) is 6.92 Å². The van der Waals surface area contributed by atoms with Crippen molar-refractivity contribution in [1.82, 2.24) is 0 Å². The highest BCUT2D eigenvalue weighted by Crippen LogP contribution is 2.50. The number of nitrogens with zero attached hydrogens (tertiary/aromatic N) is 3. The minimum absolute atomic E-state index is 0.222. The summed E-state index contributed by atoms with van der Waals surface area (Å²) in [5.74, 6) is 0. The summed E-state index contributed by atoms with van der Waals surface area (Å²) in [4.78, 5) is 31.3. The van der Waals surface area contributed by atoms with Crippen molar-refractivity contribution in [2.45, 2.75) is 270 Å². The van der Waals surface area contributed by atoms with Gasteiger partial charge in [0, 0.05) is 6.61 Å². The Balaban J connectivity index is -0.000000886. The fourth-order valence-corrected chi connectivity index (χ4v) is 10.9. The van der Waals surface area contributed by atoms with E-state index in [4.69, 9.17) is 9.47 Å². The zero-order valence-electron chi connectivity index (χ0n) is 50.3. The summed E-state index contributed by atoms with van der Waals surface area (Å²) in [5, 5.41) is 0. The lowest BCUT2D eigenvalue weighted by Crippen LogP contribution is -2.50. The summed E-state index contributed by atoms with van der Waals surface area (Å²) in [6, 6.07) is 0. The van der Waals surface area contributed by atoms with Crippen molar-refractivity contribution < 1.29 is 55.6 Å². The third-order valence-corrected chi connectivity index (χ3v) is 16.4. The van der Waals surface area contributed by atoms with Gasteiger partial charge in [0.2, 0.25) is 0 Å². The van der Waals surface area contributed by atoms with E-state index in [0.29, 0.717) is 12.2 Å². The molecule has 0 amide bonds. The molecule has 14 heteroatoms. The van der Waals surface area contributed by atoms with Crippen LogP contribution in [0.4, 0.5) is 0 Å². The Bertz CT molecular complexity index is 1080. The van der Waals surface area contributed by atoms with Gasteiger partial charge in [-0.2, -0.15) is 0 Å². The molecule has 0 aliphatic carbocycles. The summed E-state index contributed by atoms with van der Waals surface area (Å²) in [7, 11) is -10.8. The van der Waals surface area contributed by atoms with E-state index in [2.05, 4.69) is 91.9 Å². The van der Waals surface area contributed by atoms with Crippen LogP contribution in [0.1, 0.15) is 263 Å². The second kappa shape index (κ2) is 50.3. The first-order valence-electron chi connectivity index (χ1n) is 30.5. The fourth-order valence-electron chi connectivity index (χ4n) is 9.48. The number of rotatable bonds is 44. The molecule has 1 aliphatic rings. The maximum atomic E-state index is 11.0. The molecule has 0 saturated carbocycles. The molecule has 72 heavy (non-hydrogen) atoms. The van der Waals surface area contributed by atoms with Gasteiger partial charge in [-0.15, -0.1) is 0 Å². The highest BCUT2D eigenvalue weighted by Gasteiger charge is 2.27. The van der Waals surface area contributed by atoms with Crippen LogP contribution in [-0.2, 0) is 27.4 Å². The van der Waals surface area contributed by atoms with E-state index < -0.39 is 22.3 Å². The van der Waals surface area contributed by atoms with Crippen molar-refractivity contribution >= 4 is 15.6 Å². The van der Waals surface area contributed by atoms with Crippen LogP contribution in [0.15, 0.2) is 11.6 Å². The lowest BCUT2D eigenvalue weighted by molar-refractivity contribution is -0.929. The first kappa shape index (κ1) is 76.0. The van der Waals surface area contributed by atoms with Gasteiger partial charge in [0.25, 0.3) is 7.82 Å². The molecule has 0 radical (unpaired) electrons. The zero-order chi connectivity index (χ0) is 54.9. The van der Waals surface area contributed by atoms with E-state index >= 15 is 0 Å². The topological polar surface area (TPSA) is 140 Å². The van der Waals surface area contributed by atoms with Gasteiger partial charge in [0.1, 0.15) is 0 Å². The molecule has 1 saturated heterocycles. The van der Waals surface area contributed by atoms with Crippen LogP contribution >= 0.6 is 15.6 Å². The fraction of sp³-hybridized carbons (Fsp3) is 0.966. The van der Waals surface area contributed by atoms with E-state index in [-0.39, 0.29) is 12.9 Å². The van der Waals surface area contributed by atoms with Crippen molar-refractivity contribution in [1.29, 1.82) is 0 Å². The first-order chi connectivity index (χ1) is 34.4. The van der Waals surface area contributed by atoms with Crippen LogP contribution in [0, 0.1) is 0 Å². The standard InChI is InChI=1S/3C16H36N.C10H20O9P2/c3*1-5-9-13-17(14-10-6-2,15-11-7-3)16-12-8-4;1-9(8-17-10-4-2-3-6-16-10)5-7-18-21(14,15)19-20(11,12)13/h3*5-16H2,1-4H3;5,10H,2-4,6-8H2,1H3,(H,14,15)(H2,11,12,13)/q3*+1;/p-3/b;;;9-5-. The predicted octanol–water partition coefficient (Wildman–Crippen LogP) is 14.8. The summed E-state index contributed by atoms with van der Waals surface area (Å²) < 4.78 is 43.7. The van der Waals surface area contributed by atoms with Gasteiger partial charge in [-0.3, -0.25) is 8.88 Å². The largest absolute Gasteiger partial charge is 0.790 e. The van der Waals surface area contributed by atoms with Crippen molar-refractivity contribution in [3.05, 3.63) is 11.6 Å². The van der Waals surface area contributed by atoms with Gasteiger partial charge in [0.15, 0.2) is 6.29 Å². The van der Waals surface area contributed by atoms with Crippen molar-refractivity contribution in [3.8, 4) is 0 Å². The van der Waals surface area contributed by atoms with Gasteiger partial charge in [-0.05, 0) is 109 Å². The Hall–Kier alpha value is -0.200. The van der Waals surface area contributed by atoms with Crippen molar-refractivity contribution in [3.63, 3.8) is 0 Å². The van der Waals surface area contributed by atoms with Crippen molar-refractivity contribution in [2.75, 3.05) is 98.4 Å². The highest BCUT2D eigenvalue weighted by molar-refractivity contribution is 7.58. The Labute approximate surface area is 449 Å². The van der Waals surface area contributed by atoms with E-state index in [1.165, 1.54) is 252 Å². The quantitative estimate of drug-likeness (QED) is 0.0331. The monoisotopic (exact) mass is 1070 g/mol. The summed E-state index contributed by atoms with van der Waals surface area (Å²) in [6.07, 6.45) is 37.1. The van der Waals surface area contributed by atoms with Crippen LogP contribution in [0.3, 0.4) is 0 Å². The molecule has 0 aromatic heterocycles. The average Bonchev–Trinajstić information content (AvgIpc) is 3.37. The third-order valence-electron chi connectivity index (χ3n) is 14.3. The molecule has 1 rings (SSSR count). The number of ether oxygens (including phenoxy) is 2. The molecule has 0 aromatic rings. The molecule has 1 aliphatic heterocycles. The highest BCUT2D eigenvalue weighted by atomic mass is 31.3. The lowest BCUT2D eigenvalue weighted by Gasteiger charge is -2.39. The van der Waals surface area contributed by atoms with Crippen LogP contribution < -0.4 is 14.7 Å². The van der Waals surface area contributed by atoms with Crippen LogP contribution in [-0.4, -0.2) is 118 Å². The number of quaternary nitrogens is 3. The number of hydrogen-bond donors (Lipinski definition) is 0. The Morgan fingerprint density at radius 1 is 0.472 bits per heavy atom. The maximum absolute atomic E-state index is 11.0. The Morgan fingerprint density at radius 2 is 0.736 bits per heavy atom. The second-order valence-corrected chi connectivity index (χ2v) is 24.1. The first-order valence-corrected chi connectivity index (χ1v) is 33.5. The maximum Gasteiger partial charge on any atom is 0.272 e. The molecule has 0 bridgehead atoms. The minimum atomic E-state index is -5.64. The van der Waals surface area contributed by atoms with E-state index in [0.717, 1.165) is 19.3 Å². The Kier molecular flexibility index (Phi) is 53.1. The zero-order valence-corrected chi connectivity index (χ0v) is 52.1. The second-order valence-electron chi connectivity index (χ2n) is 21.4. The van der Waals surface area contributed by atoms with Gasteiger partial charge >= 0.3 is 0 Å². The lowest BCUT2D eigenvalue weighted by atomic mass is 10.1. The summed E-state index contributed by atoms with van der Waals surface area (Å²) >= 11 is 0. The Morgan fingerprint density at radius 3 is 0.944 bits per heavy atom. The molecular formula is C58H125N3O9P2. The van der Waals surface area contributed by atoms with Crippen LogP contribution in [0.25, 0.3) is 0 Å². The van der Waals surface area contributed by atoms with Crippen LogP contribution in [0.5, 0.6) is 0 Å². The molecular weight excluding hydrogens is 945 g/mol. The predicted molar refractivity (Wildman–Crippen MR) is 304 cm³/mol. The summed E-state index contributed by atoms with van der Waals surface area (Å²) in [6.45, 7) is 47.1. The minimum Gasteiger partial charge on any atom is -0.790 e. The van der Waals surface area contributed by atoms with Crippen LogP contribution in [0.2, 0.25) is 0 Å². The molecule has 0 N–H and O–H groups in total. The molecule has 2 atom stereocenters. The number of unbranched alkanes of at least 4 members (excludes halogenated alkanes) is 12. The number of hydrogen-bond acceptors (Lipinski definition) is 9. The van der Waals surface area contributed by atoms with E-state index in [9.17, 15) is 23.8 Å². The molecule has 2 unspecified atom stereocenters. The smallest absolute Gasteiger partial charge is 0.272 e. The van der Waals surface area contributed by atoms with Gasteiger partial charge < -0.3 is 46.7 Å². The van der Waals surface area contributed by atoms with Gasteiger partial charge in [0.05, 0.1) is 99.6 Å². The van der Waals surface area contributed by atoms with E-state index in [1.807, 2.05) is 0 Å². The van der Waals surface area contributed by atoms with Crippen molar-refractivity contribution in [2.24, 2.45) is 0 Å². The SMILES string of the molecule is C/C(=C/COP(=O)([O-])OP(=O)([O-])[O-])COC1CCCCO1.CCCC[N+](CCCC)(CCCC)CCCC.CCCC[N+](CCCC)(CCCC)CCCC.CCCC[N+](CCCC)(CCCC)CCCC. The molecule has 0 spiro atoms. The normalized spacial score (nSPS) is 15.4. The average molecular weight is 1070 g/mol. The molecule has 1 fully saturated rings. The molecule has 436 valence electrons. The van der Waals surface area contributed by atoms with Gasteiger partial charge in [-0.25, -0.2) is 0 Å². The third kappa shape index (κ3) is 44.9. The molecule has 0 aromatic carbocycles. The molecule has 1 heterocycles. The summed E-state index contributed by atoms with van der Waals surface area (Å²) in [5.41, 5.74) is 0.664.